The Morgan fingerprint density at radius 3 is 1.27 bits per heavy atom. The predicted octanol–water partition coefficient (Wildman–Crippen LogP) is 6.29. The molecular weight excluding hydrogens is 540 g/mol. The van der Waals surface area contributed by atoms with Gasteiger partial charge in [0.05, 0.1) is 11.5 Å². The van der Waals surface area contributed by atoms with Gasteiger partial charge in [0.15, 0.2) is 9.84 Å². The van der Waals surface area contributed by atoms with Crippen LogP contribution >= 0.6 is 0 Å². The molecule has 1 fully saturated rings. The van der Waals surface area contributed by atoms with Crippen LogP contribution in [0.3, 0.4) is 0 Å². The van der Waals surface area contributed by atoms with Crippen LogP contribution in [0.25, 0.3) is 0 Å². The first-order chi connectivity index (χ1) is 19.8. The summed E-state index contributed by atoms with van der Waals surface area (Å²) in [6.07, 6.45) is 0.00985. The zero-order valence-corrected chi connectivity index (χ0v) is 23.0. The van der Waals surface area contributed by atoms with E-state index in [-0.39, 0.29) is 36.2 Å². The molecule has 41 heavy (non-hydrogen) atoms. The number of rotatable bonds is 10. The number of amides is 2. The molecule has 2 atom stereocenters. The molecule has 4 aromatic carbocycles. The number of hydrogen-bond acceptors (Lipinski definition) is 6. The van der Waals surface area contributed by atoms with Crippen molar-refractivity contribution in [2.24, 2.45) is 11.8 Å². The summed E-state index contributed by atoms with van der Waals surface area (Å²) < 4.78 is 36.4. The molecule has 8 nitrogen and oxygen atoms in total. The zero-order chi connectivity index (χ0) is 28.7. The maximum atomic E-state index is 12.8. The van der Waals surface area contributed by atoms with E-state index < -0.39 is 21.7 Å². The maximum Gasteiger partial charge on any atom is 0.224 e. The number of carbonyl (C=O) groups is 2. The molecule has 1 heterocycles. The number of benzene rings is 4. The lowest BCUT2D eigenvalue weighted by Gasteiger charge is -2.17. The van der Waals surface area contributed by atoms with Gasteiger partial charge in [0.2, 0.25) is 11.8 Å². The van der Waals surface area contributed by atoms with Crippen molar-refractivity contribution in [3.63, 3.8) is 0 Å². The first-order valence-electron chi connectivity index (χ1n) is 13.3. The third-order valence-corrected chi connectivity index (χ3v) is 8.60. The van der Waals surface area contributed by atoms with Gasteiger partial charge in [-0.1, -0.05) is 36.4 Å². The van der Waals surface area contributed by atoms with E-state index in [1.165, 1.54) is 0 Å². The topological polar surface area (TPSA) is 111 Å². The highest BCUT2D eigenvalue weighted by Gasteiger charge is 2.39. The normalized spacial score (nSPS) is 17.4. The van der Waals surface area contributed by atoms with Crippen molar-refractivity contribution in [3.05, 3.63) is 109 Å². The smallest absolute Gasteiger partial charge is 0.224 e. The summed E-state index contributed by atoms with van der Waals surface area (Å²) in [5.74, 6) is 0.919. The fourth-order valence-corrected chi connectivity index (χ4v) is 7.03. The lowest BCUT2D eigenvalue weighted by molar-refractivity contribution is -0.119. The molecule has 5 rings (SSSR count). The fourth-order valence-electron chi connectivity index (χ4n) is 4.81. The third kappa shape index (κ3) is 8.18. The van der Waals surface area contributed by atoms with Crippen molar-refractivity contribution in [2.45, 2.75) is 12.8 Å². The van der Waals surface area contributed by atoms with Gasteiger partial charge in [-0.15, -0.1) is 0 Å². The van der Waals surface area contributed by atoms with Crippen molar-refractivity contribution in [1.29, 1.82) is 0 Å². The molecule has 4 aromatic rings. The van der Waals surface area contributed by atoms with Crippen LogP contribution in [-0.2, 0) is 19.4 Å². The number of anilines is 2. The van der Waals surface area contributed by atoms with Crippen LogP contribution < -0.4 is 20.1 Å². The van der Waals surface area contributed by atoms with E-state index in [0.717, 1.165) is 0 Å². The molecule has 0 aromatic heterocycles. The molecular formula is C32H30N2O6S. The summed E-state index contributed by atoms with van der Waals surface area (Å²) >= 11 is 0. The molecule has 0 saturated carbocycles. The van der Waals surface area contributed by atoms with Crippen LogP contribution in [0.2, 0.25) is 0 Å². The number of hydrogen-bond donors (Lipinski definition) is 2. The Bertz CT molecular complexity index is 1460. The van der Waals surface area contributed by atoms with Crippen molar-refractivity contribution in [3.8, 4) is 23.0 Å². The Labute approximate surface area is 239 Å². The Morgan fingerprint density at radius 1 is 0.561 bits per heavy atom. The maximum absolute atomic E-state index is 12.8. The predicted molar refractivity (Wildman–Crippen MR) is 158 cm³/mol. The third-order valence-electron chi connectivity index (χ3n) is 6.73. The summed E-state index contributed by atoms with van der Waals surface area (Å²) in [7, 11) is -3.35. The second kappa shape index (κ2) is 12.7. The van der Waals surface area contributed by atoms with E-state index in [4.69, 9.17) is 9.47 Å². The SMILES string of the molecule is O=C(C[C@@H]1CS(=O)(=O)C[C@@H]1CC(=O)Nc1ccc(Oc2ccccc2)cc1)Nc1ccc(Oc2ccccc2)cc1. The highest BCUT2D eigenvalue weighted by atomic mass is 32.2. The van der Waals surface area contributed by atoms with Gasteiger partial charge in [-0.3, -0.25) is 9.59 Å². The quantitative estimate of drug-likeness (QED) is 0.232. The van der Waals surface area contributed by atoms with Gasteiger partial charge >= 0.3 is 0 Å². The minimum atomic E-state index is -3.35. The Kier molecular flexibility index (Phi) is 8.64. The van der Waals surface area contributed by atoms with Crippen molar-refractivity contribution in [1.82, 2.24) is 0 Å². The molecule has 0 aliphatic carbocycles. The van der Waals surface area contributed by atoms with Crippen LogP contribution in [0.4, 0.5) is 11.4 Å². The molecule has 1 aliphatic rings. The fraction of sp³-hybridized carbons (Fsp3) is 0.188. The molecule has 0 unspecified atom stereocenters. The summed E-state index contributed by atoms with van der Waals surface area (Å²) in [4.78, 5) is 25.6. The van der Waals surface area contributed by atoms with Gasteiger partial charge in [-0.25, -0.2) is 8.42 Å². The summed E-state index contributed by atoms with van der Waals surface area (Å²) in [6.45, 7) is 0. The number of para-hydroxylation sites is 2. The number of nitrogens with one attached hydrogen (secondary N) is 2. The Balaban J connectivity index is 1.13. The lowest BCUT2D eigenvalue weighted by Crippen LogP contribution is -2.25. The van der Waals surface area contributed by atoms with Crippen LogP contribution in [-0.4, -0.2) is 31.7 Å². The zero-order valence-electron chi connectivity index (χ0n) is 22.2. The molecule has 1 saturated heterocycles. The largest absolute Gasteiger partial charge is 0.457 e. The molecule has 2 N–H and O–H groups in total. The molecule has 0 radical (unpaired) electrons. The van der Waals surface area contributed by atoms with E-state index >= 15 is 0 Å². The minimum absolute atomic E-state index is 0.00493. The second-order valence-corrected chi connectivity index (χ2v) is 12.1. The van der Waals surface area contributed by atoms with Gasteiger partial charge in [-0.2, -0.15) is 0 Å². The Morgan fingerprint density at radius 2 is 0.902 bits per heavy atom. The van der Waals surface area contributed by atoms with Gasteiger partial charge in [0.25, 0.3) is 0 Å². The van der Waals surface area contributed by atoms with Crippen LogP contribution in [0.1, 0.15) is 12.8 Å². The summed E-state index contributed by atoms with van der Waals surface area (Å²) in [5, 5.41) is 5.64. The van der Waals surface area contributed by atoms with Crippen molar-refractivity contribution in [2.75, 3.05) is 22.1 Å². The van der Waals surface area contributed by atoms with E-state index in [1.807, 2.05) is 60.7 Å². The number of ether oxygens (including phenoxy) is 2. The van der Waals surface area contributed by atoms with E-state index in [1.54, 1.807) is 48.5 Å². The first kappa shape index (κ1) is 27.9. The highest BCUT2D eigenvalue weighted by molar-refractivity contribution is 7.91. The second-order valence-electron chi connectivity index (χ2n) is 9.98. The van der Waals surface area contributed by atoms with Crippen molar-refractivity contribution < 1.29 is 27.5 Å². The lowest BCUT2D eigenvalue weighted by atomic mass is 9.89. The monoisotopic (exact) mass is 570 g/mol. The average molecular weight is 571 g/mol. The molecule has 210 valence electrons. The van der Waals surface area contributed by atoms with Crippen molar-refractivity contribution >= 4 is 33.0 Å². The minimum Gasteiger partial charge on any atom is -0.457 e. The first-order valence-corrected chi connectivity index (χ1v) is 15.1. The number of sulfone groups is 1. The molecule has 1 aliphatic heterocycles. The Hall–Kier alpha value is -4.63. The van der Waals surface area contributed by atoms with Crippen LogP contribution in [0.15, 0.2) is 109 Å². The average Bonchev–Trinajstić information content (AvgIpc) is 3.23. The summed E-state index contributed by atoms with van der Waals surface area (Å²) in [6, 6.07) is 32.6. The molecule has 0 spiro atoms. The van der Waals surface area contributed by atoms with Crippen LogP contribution in [0.5, 0.6) is 23.0 Å². The van der Waals surface area contributed by atoms with Crippen LogP contribution in [0, 0.1) is 11.8 Å². The van der Waals surface area contributed by atoms with Gasteiger partial charge in [-0.05, 0) is 84.6 Å². The highest BCUT2D eigenvalue weighted by Crippen LogP contribution is 2.32. The van der Waals surface area contributed by atoms with E-state index in [0.29, 0.717) is 34.4 Å². The molecule has 2 amide bonds. The standard InChI is InChI=1S/C32H30N2O6S/c35-31(33-25-11-15-29(16-12-25)39-27-7-3-1-4-8-27)19-23-21-41(37,38)22-24(23)20-32(36)34-26-13-17-30(18-14-26)40-28-9-5-2-6-10-28/h1-18,23-24H,19-22H2,(H,33,35)(H,34,36)/t23-,24+. The van der Waals surface area contributed by atoms with E-state index in [9.17, 15) is 18.0 Å². The van der Waals surface area contributed by atoms with Gasteiger partial charge in [0, 0.05) is 24.2 Å². The molecule has 9 heteroatoms. The molecule has 0 bridgehead atoms. The number of carbonyl (C=O) groups excluding carboxylic acids is 2. The van der Waals surface area contributed by atoms with Gasteiger partial charge in [0.1, 0.15) is 23.0 Å². The summed E-state index contributed by atoms with van der Waals surface area (Å²) in [5.41, 5.74) is 1.15. The van der Waals surface area contributed by atoms with Gasteiger partial charge < -0.3 is 20.1 Å². The van der Waals surface area contributed by atoms with E-state index in [2.05, 4.69) is 10.6 Å².